The van der Waals surface area contributed by atoms with Gasteiger partial charge < -0.3 is 0 Å². The van der Waals surface area contributed by atoms with E-state index in [0.717, 1.165) is 0 Å². The fraction of sp³-hybridized carbons (Fsp3) is 0. The van der Waals surface area contributed by atoms with Crippen molar-refractivity contribution in [1.29, 1.82) is 0 Å². The molecule has 0 atom stereocenters. The van der Waals surface area contributed by atoms with E-state index >= 15 is 0 Å². The predicted octanol–water partition coefficient (Wildman–Crippen LogP) is -1.39. The summed E-state index contributed by atoms with van der Waals surface area (Å²) < 4.78 is 0. The number of hydrogen-bond acceptors (Lipinski definition) is 2. The van der Waals surface area contributed by atoms with E-state index in [0.29, 0.717) is 0 Å². The number of hydrogen-bond donors (Lipinski definition) is 1. The van der Waals surface area contributed by atoms with Crippen LogP contribution in [0.25, 0.3) is 0 Å². The molecule has 0 amide bonds. The number of rotatable bonds is 0. The molecular weight excluding hydrogens is 70.0 g/mol. The monoisotopic (exact) mass is 71.0 g/mol. The van der Waals surface area contributed by atoms with E-state index in [1.807, 2.05) is 4.98 Å². The fourth-order valence-electron chi connectivity index (χ4n) is 0.0719. The first-order valence-corrected chi connectivity index (χ1v) is 1.16. The molecule has 1 aromatic rings. The Balaban J connectivity index is 3.70. The third kappa shape index (κ3) is 0.154. The van der Waals surface area contributed by atoms with E-state index in [-0.39, 0.29) is 0 Å². The molecule has 0 aliphatic carbocycles. The molecule has 1 aromatic heterocycles. The summed E-state index contributed by atoms with van der Waals surface area (Å²) in [6.45, 7) is 0. The molecule has 0 saturated heterocycles. The molecule has 26 valence electrons. The lowest BCUT2D eigenvalue weighted by Crippen LogP contribution is -1.88. The highest BCUT2D eigenvalue weighted by molar-refractivity contribution is 4.78. The minimum absolute atomic E-state index is 0.468. The third-order valence-electron chi connectivity index (χ3n) is 0.371. The smallest absolute Gasteiger partial charge is 0.280 e. The maximum atomic E-state index is 9.43. The molecule has 1 N–H and O–H groups in total. The van der Waals surface area contributed by atoms with Crippen molar-refractivity contribution in [3.05, 3.63) is 20.7 Å². The maximum Gasteiger partial charge on any atom is 0.316 e. The Morgan fingerprint density at radius 2 is 1.40 bits per heavy atom. The largest absolute Gasteiger partial charge is 0.316 e. The summed E-state index contributed by atoms with van der Waals surface area (Å²) >= 11 is 0. The van der Waals surface area contributed by atoms with Crippen LogP contribution in [-0.2, 0) is 0 Å². The first-order valence-electron chi connectivity index (χ1n) is 1.16. The van der Waals surface area contributed by atoms with E-state index < -0.39 is 11.1 Å². The molecule has 0 aliphatic rings. The van der Waals surface area contributed by atoms with Gasteiger partial charge in [-0.15, -0.1) is 0 Å². The first kappa shape index (κ1) is 2.38. The van der Waals surface area contributed by atoms with Gasteiger partial charge in [0.05, 0.1) is 0 Å². The summed E-state index contributed by atoms with van der Waals surface area (Å²) in [6.07, 6.45) is 0. The van der Waals surface area contributed by atoms with Gasteiger partial charge in [-0.25, -0.2) is 0 Å². The summed E-state index contributed by atoms with van der Waals surface area (Å²) in [7, 11) is 0. The standard InChI is InChI=1S/C2HNO2/c4-1-2(5)3-1/h(H,3,4,5). The summed E-state index contributed by atoms with van der Waals surface area (Å²) in [5.74, 6) is 0. The van der Waals surface area contributed by atoms with Crippen LogP contribution < -0.4 is 11.1 Å². The zero-order valence-electron chi connectivity index (χ0n) is 2.32. The van der Waals surface area contributed by atoms with E-state index in [2.05, 4.69) is 0 Å². The predicted molar refractivity (Wildman–Crippen MR) is 15.7 cm³/mol. The van der Waals surface area contributed by atoms with Crippen LogP contribution in [0.15, 0.2) is 9.59 Å². The number of nitrogens with one attached hydrogen (secondary N) is 1. The fourth-order valence-corrected chi connectivity index (χ4v) is 0.0719. The van der Waals surface area contributed by atoms with Gasteiger partial charge in [0, 0.05) is 0 Å². The first-order chi connectivity index (χ1) is 2.30. The van der Waals surface area contributed by atoms with Crippen LogP contribution in [0.1, 0.15) is 0 Å². The Bertz CT molecular complexity index is 158. The SMILES string of the molecule is O=c1[nH]c1=O. The van der Waals surface area contributed by atoms with Crippen molar-refractivity contribution in [2.75, 3.05) is 0 Å². The van der Waals surface area contributed by atoms with Gasteiger partial charge in [-0.1, -0.05) is 0 Å². The van der Waals surface area contributed by atoms with Crippen LogP contribution in [-0.4, -0.2) is 4.98 Å². The van der Waals surface area contributed by atoms with Crippen LogP contribution in [0.2, 0.25) is 0 Å². The number of H-pyrrole nitrogens is 1. The summed E-state index contributed by atoms with van der Waals surface area (Å²) in [5, 5.41) is 0. The van der Waals surface area contributed by atoms with Gasteiger partial charge in [0.25, 0.3) is 0 Å². The quantitative estimate of drug-likeness (QED) is 0.383. The Labute approximate surface area is 26.9 Å². The topological polar surface area (TPSA) is 49.9 Å². The molecule has 5 heavy (non-hydrogen) atoms. The third-order valence-corrected chi connectivity index (χ3v) is 0.371. The van der Waals surface area contributed by atoms with Crippen LogP contribution in [0.4, 0.5) is 0 Å². The maximum absolute atomic E-state index is 9.43. The Morgan fingerprint density at radius 3 is 1.40 bits per heavy atom. The van der Waals surface area contributed by atoms with Gasteiger partial charge in [0.1, 0.15) is 0 Å². The molecule has 3 nitrogen and oxygen atoms in total. The molecule has 0 saturated carbocycles. The second-order valence-corrected chi connectivity index (χ2v) is 0.783. The lowest BCUT2D eigenvalue weighted by Gasteiger charge is -1.10. The molecule has 0 spiro atoms. The van der Waals surface area contributed by atoms with Gasteiger partial charge in [-0.2, -0.15) is 0 Å². The lowest BCUT2D eigenvalue weighted by molar-refractivity contribution is 1.56. The number of aromatic amines is 1. The van der Waals surface area contributed by atoms with Crippen LogP contribution in [0, 0.1) is 0 Å². The minimum Gasteiger partial charge on any atom is -0.280 e. The molecule has 3 heteroatoms. The Morgan fingerprint density at radius 1 is 1.20 bits per heavy atom. The molecule has 0 bridgehead atoms. The van der Waals surface area contributed by atoms with Crippen LogP contribution in [0.3, 0.4) is 0 Å². The molecule has 0 fully saturated rings. The Hall–Kier alpha value is -0.860. The van der Waals surface area contributed by atoms with E-state index in [4.69, 9.17) is 0 Å². The van der Waals surface area contributed by atoms with Crippen molar-refractivity contribution in [1.82, 2.24) is 4.98 Å². The summed E-state index contributed by atoms with van der Waals surface area (Å²) in [5.41, 5.74) is -0.935. The van der Waals surface area contributed by atoms with Crippen molar-refractivity contribution in [3.8, 4) is 0 Å². The van der Waals surface area contributed by atoms with E-state index in [9.17, 15) is 9.59 Å². The van der Waals surface area contributed by atoms with Crippen molar-refractivity contribution in [2.24, 2.45) is 0 Å². The average molecular weight is 71.0 g/mol. The molecule has 0 unspecified atom stereocenters. The highest BCUT2D eigenvalue weighted by Gasteiger charge is 1.96. The average Bonchev–Trinajstić information content (AvgIpc) is 1.79. The number of aromatic nitrogens is 1. The molecular formula is C2HNO2. The second kappa shape index (κ2) is 0.381. The van der Waals surface area contributed by atoms with Crippen molar-refractivity contribution in [3.63, 3.8) is 0 Å². The molecule has 0 radical (unpaired) electrons. The second-order valence-electron chi connectivity index (χ2n) is 0.783. The summed E-state index contributed by atoms with van der Waals surface area (Å²) in [6, 6.07) is 0. The van der Waals surface area contributed by atoms with Crippen LogP contribution >= 0.6 is 0 Å². The molecule has 0 aromatic carbocycles. The van der Waals surface area contributed by atoms with Gasteiger partial charge in [0.15, 0.2) is 0 Å². The normalized spacial score (nSPS) is 9.60. The molecule has 1 heterocycles. The van der Waals surface area contributed by atoms with E-state index in [1.54, 1.807) is 0 Å². The molecule has 0 aliphatic heterocycles. The van der Waals surface area contributed by atoms with Crippen LogP contribution in [0.5, 0.6) is 0 Å². The summed E-state index contributed by atoms with van der Waals surface area (Å²) in [4.78, 5) is 20.8. The van der Waals surface area contributed by atoms with E-state index in [1.165, 1.54) is 0 Å². The van der Waals surface area contributed by atoms with Gasteiger partial charge >= 0.3 is 11.1 Å². The molecule has 1 rings (SSSR count). The zero-order chi connectivity index (χ0) is 3.86. The van der Waals surface area contributed by atoms with Gasteiger partial charge in [0.2, 0.25) is 0 Å². The van der Waals surface area contributed by atoms with Crippen molar-refractivity contribution >= 4 is 0 Å². The van der Waals surface area contributed by atoms with Crippen molar-refractivity contribution < 1.29 is 0 Å². The minimum atomic E-state index is -0.468. The zero-order valence-corrected chi connectivity index (χ0v) is 2.32. The van der Waals surface area contributed by atoms with Gasteiger partial charge in [-0.3, -0.25) is 14.6 Å². The van der Waals surface area contributed by atoms with Gasteiger partial charge in [-0.05, 0) is 0 Å². The van der Waals surface area contributed by atoms with Crippen molar-refractivity contribution in [2.45, 2.75) is 0 Å². The Kier molecular flexibility index (Phi) is 0.182. The highest BCUT2D eigenvalue weighted by Crippen LogP contribution is 1.28. The lowest BCUT2D eigenvalue weighted by atomic mass is 11.1. The highest BCUT2D eigenvalue weighted by atomic mass is 16.2.